The van der Waals surface area contributed by atoms with E-state index in [4.69, 9.17) is 0 Å². The van der Waals surface area contributed by atoms with Gasteiger partial charge in [0.2, 0.25) is 0 Å². The molecule has 1 aromatic rings. The van der Waals surface area contributed by atoms with Gasteiger partial charge >= 0.3 is 6.09 Å². The van der Waals surface area contributed by atoms with E-state index in [0.717, 1.165) is 39.0 Å². The van der Waals surface area contributed by atoms with Crippen LogP contribution in [-0.4, -0.2) is 42.1 Å². The van der Waals surface area contributed by atoms with Gasteiger partial charge in [0, 0.05) is 32.2 Å². The number of nitrogens with zero attached hydrogens (tertiary/aromatic N) is 2. The molecule has 2 heterocycles. The van der Waals surface area contributed by atoms with E-state index in [9.17, 15) is 4.79 Å². The molecule has 1 unspecified atom stereocenters. The smallest absolute Gasteiger partial charge is 0.304 e. The third-order valence-electron chi connectivity index (χ3n) is 4.19. The predicted molar refractivity (Wildman–Crippen MR) is 73.8 cm³/mol. The van der Waals surface area contributed by atoms with Crippen LogP contribution in [0.4, 0.5) is 4.79 Å². The zero-order valence-corrected chi connectivity index (χ0v) is 11.7. The summed E-state index contributed by atoms with van der Waals surface area (Å²) >= 11 is 0. The van der Waals surface area contributed by atoms with Crippen molar-refractivity contribution in [2.24, 2.45) is 0 Å². The molecule has 108 valence electrons. The number of carbonyl (C=O) groups is 1. The first kappa shape index (κ1) is 13.4. The van der Waals surface area contributed by atoms with Crippen molar-refractivity contribution in [2.75, 3.05) is 20.2 Å². The maximum Gasteiger partial charge on any atom is 0.441 e. The summed E-state index contributed by atoms with van der Waals surface area (Å²) in [7, 11) is 1.36. The topological polar surface area (TPSA) is 42.0 Å². The van der Waals surface area contributed by atoms with Gasteiger partial charge in [0.1, 0.15) is 0 Å². The van der Waals surface area contributed by atoms with Gasteiger partial charge in [0.15, 0.2) is 0 Å². The van der Waals surface area contributed by atoms with Crippen LogP contribution in [0, 0.1) is 0 Å². The molecule has 5 nitrogen and oxygen atoms in total. The number of benzene rings is 1. The fourth-order valence-corrected chi connectivity index (χ4v) is 3.16. The van der Waals surface area contributed by atoms with Crippen molar-refractivity contribution in [3.8, 4) is 0 Å². The SMILES string of the molecule is COOC(=O)N1CCCC(N2Cc3ccccc3C2)C1. The molecule has 0 N–H and O–H groups in total. The first-order chi connectivity index (χ1) is 9.78. The molecule has 1 amide bonds. The molecule has 1 saturated heterocycles. The van der Waals surface area contributed by atoms with Crippen molar-refractivity contribution in [1.82, 2.24) is 9.80 Å². The quantitative estimate of drug-likeness (QED) is 0.613. The Balaban J connectivity index is 1.63. The van der Waals surface area contributed by atoms with Crippen LogP contribution in [0.1, 0.15) is 24.0 Å². The van der Waals surface area contributed by atoms with Crippen LogP contribution in [0.25, 0.3) is 0 Å². The van der Waals surface area contributed by atoms with Gasteiger partial charge in [-0.15, -0.1) is 0 Å². The minimum absolute atomic E-state index is 0.381. The second-order valence-corrected chi connectivity index (χ2v) is 5.43. The Labute approximate surface area is 119 Å². The summed E-state index contributed by atoms with van der Waals surface area (Å²) in [5, 5.41) is 0. The number of fused-ring (bicyclic) bond motifs is 1. The molecule has 0 aliphatic carbocycles. The third kappa shape index (κ3) is 2.64. The molecule has 1 atom stereocenters. The molecule has 20 heavy (non-hydrogen) atoms. The van der Waals surface area contributed by atoms with Crippen LogP contribution in [0.15, 0.2) is 24.3 Å². The molecule has 0 spiro atoms. The van der Waals surface area contributed by atoms with E-state index in [2.05, 4.69) is 38.9 Å². The maximum absolute atomic E-state index is 11.7. The average molecular weight is 276 g/mol. The summed E-state index contributed by atoms with van der Waals surface area (Å²) < 4.78 is 0. The highest BCUT2D eigenvalue weighted by atomic mass is 17.2. The average Bonchev–Trinajstić information content (AvgIpc) is 2.91. The molecule has 3 rings (SSSR count). The predicted octanol–water partition coefficient (Wildman–Crippen LogP) is 2.16. The van der Waals surface area contributed by atoms with Crippen molar-refractivity contribution in [1.29, 1.82) is 0 Å². The monoisotopic (exact) mass is 276 g/mol. The number of likely N-dealkylation sites (tertiary alicyclic amines) is 1. The number of rotatable bonds is 2. The highest BCUT2D eigenvalue weighted by molar-refractivity contribution is 5.67. The Kier molecular flexibility index (Phi) is 3.89. The van der Waals surface area contributed by atoms with Gasteiger partial charge in [0.05, 0.1) is 7.11 Å². The van der Waals surface area contributed by atoms with Crippen LogP contribution < -0.4 is 0 Å². The summed E-state index contributed by atoms with van der Waals surface area (Å²) in [5.74, 6) is 0. The minimum Gasteiger partial charge on any atom is -0.304 e. The Morgan fingerprint density at radius 2 is 1.95 bits per heavy atom. The molecular weight excluding hydrogens is 256 g/mol. The van der Waals surface area contributed by atoms with Crippen LogP contribution >= 0.6 is 0 Å². The van der Waals surface area contributed by atoms with E-state index in [1.54, 1.807) is 4.90 Å². The summed E-state index contributed by atoms with van der Waals surface area (Å²) in [6, 6.07) is 8.96. The molecule has 2 aliphatic rings. The first-order valence-corrected chi connectivity index (χ1v) is 7.08. The Morgan fingerprint density at radius 3 is 2.60 bits per heavy atom. The standard InChI is InChI=1S/C15H20N2O3/c1-19-20-15(18)16-8-4-7-14(11-16)17-9-12-5-2-3-6-13(12)10-17/h2-3,5-6,14H,4,7-11H2,1H3. The third-order valence-corrected chi connectivity index (χ3v) is 4.19. The Morgan fingerprint density at radius 1 is 1.25 bits per heavy atom. The van der Waals surface area contributed by atoms with Crippen molar-refractivity contribution in [3.63, 3.8) is 0 Å². The molecule has 2 aliphatic heterocycles. The van der Waals surface area contributed by atoms with Crippen molar-refractivity contribution >= 4 is 6.09 Å². The summed E-state index contributed by atoms with van der Waals surface area (Å²) in [6.07, 6.45) is 1.76. The molecule has 0 radical (unpaired) electrons. The van der Waals surface area contributed by atoms with Crippen LogP contribution in [0.2, 0.25) is 0 Å². The molecule has 5 heteroatoms. The van der Waals surface area contributed by atoms with Crippen LogP contribution in [0.5, 0.6) is 0 Å². The number of hydrogen-bond donors (Lipinski definition) is 0. The fraction of sp³-hybridized carbons (Fsp3) is 0.533. The highest BCUT2D eigenvalue weighted by Gasteiger charge is 2.31. The zero-order valence-electron chi connectivity index (χ0n) is 11.7. The van der Waals surface area contributed by atoms with E-state index >= 15 is 0 Å². The number of piperidine rings is 1. The fourth-order valence-electron chi connectivity index (χ4n) is 3.16. The van der Waals surface area contributed by atoms with Gasteiger partial charge in [-0.25, -0.2) is 4.79 Å². The zero-order chi connectivity index (χ0) is 13.9. The largest absolute Gasteiger partial charge is 0.441 e. The summed E-state index contributed by atoms with van der Waals surface area (Å²) in [6.45, 7) is 3.43. The second kappa shape index (κ2) is 5.81. The van der Waals surface area contributed by atoms with E-state index in [1.165, 1.54) is 18.2 Å². The molecule has 1 aromatic carbocycles. The lowest BCUT2D eigenvalue weighted by Crippen LogP contribution is -2.48. The van der Waals surface area contributed by atoms with E-state index < -0.39 is 0 Å². The van der Waals surface area contributed by atoms with Crippen molar-refractivity contribution in [2.45, 2.75) is 32.0 Å². The normalized spacial score (nSPS) is 22.6. The van der Waals surface area contributed by atoms with Crippen molar-refractivity contribution in [3.05, 3.63) is 35.4 Å². The van der Waals surface area contributed by atoms with Gasteiger partial charge in [-0.3, -0.25) is 9.79 Å². The Bertz CT molecular complexity index is 467. The first-order valence-electron chi connectivity index (χ1n) is 7.08. The second-order valence-electron chi connectivity index (χ2n) is 5.43. The summed E-state index contributed by atoms with van der Waals surface area (Å²) in [5.41, 5.74) is 2.81. The number of amides is 1. The molecule has 0 saturated carbocycles. The van der Waals surface area contributed by atoms with Crippen LogP contribution in [-0.2, 0) is 22.9 Å². The molecule has 1 fully saturated rings. The maximum atomic E-state index is 11.7. The lowest BCUT2D eigenvalue weighted by Gasteiger charge is -2.36. The van der Waals surface area contributed by atoms with E-state index in [-0.39, 0.29) is 6.09 Å². The van der Waals surface area contributed by atoms with E-state index in [0.29, 0.717) is 6.04 Å². The van der Waals surface area contributed by atoms with Gasteiger partial charge in [-0.1, -0.05) is 24.3 Å². The van der Waals surface area contributed by atoms with Gasteiger partial charge in [0.25, 0.3) is 0 Å². The van der Waals surface area contributed by atoms with Gasteiger partial charge in [-0.2, -0.15) is 4.89 Å². The lowest BCUT2D eigenvalue weighted by atomic mass is 10.0. The van der Waals surface area contributed by atoms with Gasteiger partial charge in [-0.05, 0) is 24.0 Å². The minimum atomic E-state index is -0.381. The lowest BCUT2D eigenvalue weighted by molar-refractivity contribution is -0.222. The van der Waals surface area contributed by atoms with Crippen LogP contribution in [0.3, 0.4) is 0 Å². The molecule has 0 aromatic heterocycles. The summed E-state index contributed by atoms with van der Waals surface area (Å²) in [4.78, 5) is 25.0. The molecular formula is C15H20N2O3. The number of hydrogen-bond acceptors (Lipinski definition) is 4. The van der Waals surface area contributed by atoms with E-state index in [1.807, 2.05) is 0 Å². The highest BCUT2D eigenvalue weighted by Crippen LogP contribution is 2.27. The van der Waals surface area contributed by atoms with Gasteiger partial charge < -0.3 is 4.90 Å². The van der Waals surface area contributed by atoms with Crippen molar-refractivity contribution < 1.29 is 14.6 Å². The number of carbonyl (C=O) groups excluding carboxylic acids is 1. The molecule has 0 bridgehead atoms. The Hall–Kier alpha value is -1.59.